The molecule has 8 nitrogen and oxygen atoms in total. The first-order valence-corrected chi connectivity index (χ1v) is 5.73. The maximum Gasteiger partial charge on any atom is 0.436 e. The van der Waals surface area contributed by atoms with Crippen molar-refractivity contribution in [3.8, 4) is 0 Å². The van der Waals surface area contributed by atoms with E-state index in [1.54, 1.807) is 0 Å². The predicted molar refractivity (Wildman–Crippen MR) is 58.6 cm³/mol. The van der Waals surface area contributed by atoms with E-state index in [0.717, 1.165) is 0 Å². The molecular weight excluding hydrogens is 298 g/mol. The molecule has 0 aromatic carbocycles. The van der Waals surface area contributed by atoms with Crippen LogP contribution in [-0.4, -0.2) is 48.3 Å². The third-order valence-electron chi connectivity index (χ3n) is 2.56. The summed E-state index contributed by atoms with van der Waals surface area (Å²) in [5.41, 5.74) is 0. The van der Waals surface area contributed by atoms with Crippen LogP contribution in [0.15, 0.2) is 12.4 Å². The summed E-state index contributed by atoms with van der Waals surface area (Å²) in [6.45, 7) is -0.359. The Hall–Kier alpha value is -1.03. The molecule has 0 bridgehead atoms. The third kappa shape index (κ3) is 2.06. The molecule has 0 radical (unpaired) electrons. The van der Waals surface area contributed by atoms with Crippen molar-refractivity contribution < 1.29 is 19.9 Å². The number of hydrogen-bond donors (Lipinski definition) is 2. The van der Waals surface area contributed by atoms with Gasteiger partial charge in [-0.2, -0.15) is 0 Å². The number of halogens is 1. The van der Waals surface area contributed by atoms with Gasteiger partial charge in [0.15, 0.2) is 6.23 Å². The molecule has 0 saturated carbocycles. The quantitative estimate of drug-likeness (QED) is 0.455. The highest BCUT2D eigenvalue weighted by atomic mass is 79.9. The minimum Gasteiger partial charge on any atom is -0.394 e. The van der Waals surface area contributed by atoms with Crippen LogP contribution in [0, 0.1) is 10.1 Å². The summed E-state index contributed by atoms with van der Waals surface area (Å²) in [5, 5.41) is 29.4. The number of nitrogens with zero attached hydrogens (tertiary/aromatic N) is 3. The maximum atomic E-state index is 10.7. The number of imidazole rings is 1. The van der Waals surface area contributed by atoms with Gasteiger partial charge in [-0.1, -0.05) is 20.9 Å². The van der Waals surface area contributed by atoms with Crippen molar-refractivity contribution in [3.63, 3.8) is 0 Å². The number of rotatable bonds is 3. The van der Waals surface area contributed by atoms with Crippen molar-refractivity contribution in [1.29, 1.82) is 0 Å². The van der Waals surface area contributed by atoms with Gasteiger partial charge >= 0.3 is 5.95 Å². The fraction of sp³-hybridized carbons (Fsp3) is 0.625. The summed E-state index contributed by atoms with van der Waals surface area (Å²) >= 11 is 3.20. The van der Waals surface area contributed by atoms with E-state index in [9.17, 15) is 15.2 Å². The van der Waals surface area contributed by atoms with E-state index in [-0.39, 0.29) is 12.6 Å². The van der Waals surface area contributed by atoms with Crippen LogP contribution in [0.2, 0.25) is 0 Å². The monoisotopic (exact) mass is 307 g/mol. The number of nitro groups is 1. The number of aromatic nitrogens is 2. The molecule has 0 spiro atoms. The standard InChI is InChI=1S/C8H10BrN3O5/c9-5-6(14)4(3-13)17-7(5)11-2-1-10-8(11)12(15)16/h1-2,4-7,13-14H,3H2/t4-,5+,6-,7-/m1/s1. The topological polar surface area (TPSA) is 111 Å². The summed E-state index contributed by atoms with van der Waals surface area (Å²) in [5.74, 6) is -0.370. The molecule has 0 unspecified atom stereocenters. The highest BCUT2D eigenvalue weighted by Gasteiger charge is 2.46. The summed E-state index contributed by atoms with van der Waals surface area (Å²) in [4.78, 5) is 13.1. The lowest BCUT2D eigenvalue weighted by atomic mass is 10.2. The first kappa shape index (κ1) is 12.4. The molecule has 1 aromatic rings. The van der Waals surface area contributed by atoms with Gasteiger partial charge in [0.25, 0.3) is 0 Å². The number of ether oxygens (including phenoxy) is 1. The Bertz CT molecular complexity index is 425. The van der Waals surface area contributed by atoms with Gasteiger partial charge in [-0.3, -0.25) is 0 Å². The van der Waals surface area contributed by atoms with Crippen LogP contribution in [0.3, 0.4) is 0 Å². The van der Waals surface area contributed by atoms with Crippen LogP contribution >= 0.6 is 15.9 Å². The average Bonchev–Trinajstić information content (AvgIpc) is 2.86. The Morgan fingerprint density at radius 2 is 2.41 bits per heavy atom. The van der Waals surface area contributed by atoms with E-state index in [4.69, 9.17) is 9.84 Å². The molecule has 0 amide bonds. The predicted octanol–water partition coefficient (Wildman–Crippen LogP) is -0.195. The second-order valence-corrected chi connectivity index (χ2v) is 4.63. The van der Waals surface area contributed by atoms with E-state index in [1.165, 1.54) is 17.0 Å². The second kappa shape index (κ2) is 4.69. The van der Waals surface area contributed by atoms with Crippen molar-refractivity contribution in [2.24, 2.45) is 0 Å². The van der Waals surface area contributed by atoms with Crippen LogP contribution in [0.4, 0.5) is 5.95 Å². The second-order valence-electron chi connectivity index (χ2n) is 3.57. The molecule has 94 valence electrons. The molecule has 9 heteroatoms. The minimum atomic E-state index is -0.938. The van der Waals surface area contributed by atoms with Crippen LogP contribution < -0.4 is 0 Å². The van der Waals surface area contributed by atoms with Gasteiger partial charge < -0.3 is 25.1 Å². The van der Waals surface area contributed by atoms with E-state index in [0.29, 0.717) is 0 Å². The number of aliphatic hydroxyl groups excluding tert-OH is 2. The molecule has 1 aliphatic heterocycles. The van der Waals surface area contributed by atoms with Crippen LogP contribution in [0.1, 0.15) is 6.23 Å². The van der Waals surface area contributed by atoms with E-state index >= 15 is 0 Å². The van der Waals surface area contributed by atoms with E-state index in [2.05, 4.69) is 20.9 Å². The van der Waals surface area contributed by atoms with E-state index in [1.807, 2.05) is 0 Å². The van der Waals surface area contributed by atoms with Crippen molar-refractivity contribution in [2.75, 3.05) is 6.61 Å². The molecule has 17 heavy (non-hydrogen) atoms. The molecule has 1 aliphatic rings. The molecule has 2 heterocycles. The molecule has 1 aromatic heterocycles. The van der Waals surface area contributed by atoms with Gasteiger partial charge in [-0.25, -0.2) is 4.57 Å². The highest BCUT2D eigenvalue weighted by Crippen LogP contribution is 2.36. The summed E-state index contributed by atoms with van der Waals surface area (Å²) in [7, 11) is 0. The van der Waals surface area contributed by atoms with Crippen LogP contribution in [-0.2, 0) is 4.74 Å². The normalized spacial score (nSPS) is 32.9. The molecule has 0 aliphatic carbocycles. The van der Waals surface area contributed by atoms with Gasteiger partial charge in [0.05, 0.1) is 6.61 Å². The Morgan fingerprint density at radius 1 is 1.71 bits per heavy atom. The van der Waals surface area contributed by atoms with Crippen molar-refractivity contribution in [2.45, 2.75) is 23.3 Å². The summed E-state index contributed by atoms with van der Waals surface area (Å²) in [6, 6.07) is 0. The first-order chi connectivity index (χ1) is 8.06. The van der Waals surface area contributed by atoms with Crippen molar-refractivity contribution in [3.05, 3.63) is 22.5 Å². The van der Waals surface area contributed by atoms with Crippen LogP contribution in [0.5, 0.6) is 0 Å². The largest absolute Gasteiger partial charge is 0.436 e. The zero-order chi connectivity index (χ0) is 12.6. The van der Waals surface area contributed by atoms with E-state index < -0.39 is 28.2 Å². The zero-order valence-corrected chi connectivity index (χ0v) is 10.1. The van der Waals surface area contributed by atoms with Gasteiger partial charge in [-0.05, 0) is 4.92 Å². The van der Waals surface area contributed by atoms with Crippen molar-refractivity contribution >= 4 is 21.9 Å². The Labute approximate surface area is 104 Å². The van der Waals surface area contributed by atoms with Gasteiger partial charge in [-0.15, -0.1) is 0 Å². The molecule has 2 rings (SSSR count). The highest BCUT2D eigenvalue weighted by molar-refractivity contribution is 9.09. The number of hydrogen-bond acceptors (Lipinski definition) is 6. The smallest absolute Gasteiger partial charge is 0.394 e. The SMILES string of the molecule is O=[N+]([O-])c1nccn1[C@@H]1O[C@H](CO)[C@@H](O)[C@@H]1Br. The fourth-order valence-corrected chi connectivity index (χ4v) is 2.44. The van der Waals surface area contributed by atoms with Gasteiger partial charge in [0, 0.05) is 0 Å². The Morgan fingerprint density at radius 3 is 2.94 bits per heavy atom. The molecule has 2 N–H and O–H groups in total. The zero-order valence-electron chi connectivity index (χ0n) is 8.51. The molecule has 1 fully saturated rings. The fourth-order valence-electron chi connectivity index (χ4n) is 1.72. The van der Waals surface area contributed by atoms with Crippen LogP contribution in [0.25, 0.3) is 0 Å². The van der Waals surface area contributed by atoms with Gasteiger partial charge in [0.1, 0.15) is 29.4 Å². The molecule has 1 saturated heterocycles. The summed E-state index contributed by atoms with van der Waals surface area (Å²) < 4.78 is 6.55. The first-order valence-electron chi connectivity index (χ1n) is 4.82. The lowest BCUT2D eigenvalue weighted by Crippen LogP contribution is -2.29. The number of alkyl halides is 1. The minimum absolute atomic E-state index is 0.359. The molecule has 4 atom stereocenters. The Kier molecular flexibility index (Phi) is 3.43. The van der Waals surface area contributed by atoms with Crippen molar-refractivity contribution in [1.82, 2.24) is 9.55 Å². The Balaban J connectivity index is 2.29. The number of aliphatic hydroxyl groups is 2. The summed E-state index contributed by atoms with van der Waals surface area (Å²) in [6.07, 6.45) is 0.187. The third-order valence-corrected chi connectivity index (χ3v) is 3.55. The van der Waals surface area contributed by atoms with Gasteiger partial charge in [0.2, 0.25) is 0 Å². The lowest BCUT2D eigenvalue weighted by molar-refractivity contribution is -0.398. The molecular formula is C8H10BrN3O5. The average molecular weight is 308 g/mol. The lowest BCUT2D eigenvalue weighted by Gasteiger charge is -2.12. The maximum absolute atomic E-state index is 10.7.